The Morgan fingerprint density at radius 1 is 1.03 bits per heavy atom. The number of aliphatic hydroxyl groups is 1. The summed E-state index contributed by atoms with van der Waals surface area (Å²) < 4.78 is 0. The maximum Gasteiger partial charge on any atom is 0.235 e. The van der Waals surface area contributed by atoms with Crippen molar-refractivity contribution in [2.24, 2.45) is 16.7 Å². The number of carbonyl (C=O) groups is 2. The van der Waals surface area contributed by atoms with Gasteiger partial charge in [0.25, 0.3) is 0 Å². The molecular weight excluding hydrogens is 402 g/mol. The standard InChI is InChI=1S/C26H37N3O3/c1-25(2)22-11-12-26(25,3)24(32)29(23(22)31)19-21(30)18-28-16-14-27(15-17-28)13-7-10-20-8-5-4-6-9-20/h4-10,21-22,30H,11-19H2,1-3H3/b10-7+/t21-,22+,26-/m0/s1. The molecule has 6 nitrogen and oxygen atoms in total. The first-order valence-electron chi connectivity index (χ1n) is 11.9. The zero-order valence-corrected chi connectivity index (χ0v) is 19.7. The highest BCUT2D eigenvalue weighted by Gasteiger charge is 2.64. The van der Waals surface area contributed by atoms with Crippen LogP contribution < -0.4 is 0 Å². The molecular formula is C26H37N3O3. The molecule has 6 heteroatoms. The van der Waals surface area contributed by atoms with Gasteiger partial charge in [-0.25, -0.2) is 0 Å². The van der Waals surface area contributed by atoms with Crippen LogP contribution >= 0.6 is 0 Å². The average molecular weight is 440 g/mol. The first-order chi connectivity index (χ1) is 15.2. The molecule has 174 valence electrons. The van der Waals surface area contributed by atoms with Gasteiger partial charge in [-0.2, -0.15) is 0 Å². The van der Waals surface area contributed by atoms with E-state index in [1.807, 2.05) is 39.0 Å². The van der Waals surface area contributed by atoms with E-state index < -0.39 is 11.5 Å². The highest BCUT2D eigenvalue weighted by molar-refractivity contribution is 6.03. The highest BCUT2D eigenvalue weighted by Crippen LogP contribution is 2.60. The van der Waals surface area contributed by atoms with Crippen LogP contribution in [0.3, 0.4) is 0 Å². The number of imide groups is 1. The zero-order chi connectivity index (χ0) is 22.9. The molecule has 2 aliphatic heterocycles. The predicted octanol–water partition coefficient (Wildman–Crippen LogP) is 2.49. The SMILES string of the molecule is CC1(C)[C@@H]2CC[C@@]1(C)C(=O)N(C[C@@H](O)CN1CCN(C/C=C/c3ccccc3)CC1)C2=O. The Bertz CT molecular complexity index is 860. The quantitative estimate of drug-likeness (QED) is 0.662. The van der Waals surface area contributed by atoms with Gasteiger partial charge >= 0.3 is 0 Å². The molecule has 0 radical (unpaired) electrons. The van der Waals surface area contributed by atoms with Crippen molar-refractivity contribution in [2.75, 3.05) is 45.8 Å². The third kappa shape index (κ3) is 4.28. The molecule has 1 aliphatic carbocycles. The molecule has 2 amide bonds. The lowest BCUT2D eigenvalue weighted by molar-refractivity contribution is -0.169. The lowest BCUT2D eigenvalue weighted by atomic mass is 9.62. The number of hydrogen-bond donors (Lipinski definition) is 1. The largest absolute Gasteiger partial charge is 0.390 e. The van der Waals surface area contributed by atoms with E-state index in [0.717, 1.165) is 45.6 Å². The molecule has 1 aromatic rings. The summed E-state index contributed by atoms with van der Waals surface area (Å²) in [6, 6.07) is 10.3. The van der Waals surface area contributed by atoms with Crippen molar-refractivity contribution in [3.63, 3.8) is 0 Å². The number of benzene rings is 1. The summed E-state index contributed by atoms with van der Waals surface area (Å²) >= 11 is 0. The smallest absolute Gasteiger partial charge is 0.235 e. The van der Waals surface area contributed by atoms with Gasteiger partial charge in [-0.15, -0.1) is 0 Å². The first kappa shape index (κ1) is 23.1. The number of carbonyl (C=O) groups excluding carboxylic acids is 2. The monoisotopic (exact) mass is 439 g/mol. The minimum atomic E-state index is -0.711. The average Bonchev–Trinajstić information content (AvgIpc) is 2.97. The van der Waals surface area contributed by atoms with Crippen molar-refractivity contribution in [1.29, 1.82) is 0 Å². The molecule has 3 atom stereocenters. The summed E-state index contributed by atoms with van der Waals surface area (Å²) in [5, 5.41) is 10.7. The van der Waals surface area contributed by atoms with Crippen LogP contribution in [0.15, 0.2) is 36.4 Å². The van der Waals surface area contributed by atoms with Gasteiger partial charge in [0, 0.05) is 45.2 Å². The van der Waals surface area contributed by atoms with Gasteiger partial charge in [-0.05, 0) is 23.8 Å². The second kappa shape index (κ2) is 9.08. The van der Waals surface area contributed by atoms with Crippen LogP contribution in [0.1, 0.15) is 39.2 Å². The Kier molecular flexibility index (Phi) is 6.57. The van der Waals surface area contributed by atoms with E-state index in [0.29, 0.717) is 6.54 Å². The van der Waals surface area contributed by atoms with E-state index in [2.05, 4.69) is 34.1 Å². The predicted molar refractivity (Wildman–Crippen MR) is 126 cm³/mol. The summed E-state index contributed by atoms with van der Waals surface area (Å²) in [5.74, 6) is -0.316. The maximum atomic E-state index is 13.2. The maximum absolute atomic E-state index is 13.2. The van der Waals surface area contributed by atoms with Crippen LogP contribution in [0, 0.1) is 16.7 Å². The number of nitrogens with zero attached hydrogens (tertiary/aromatic N) is 3. The van der Waals surface area contributed by atoms with Crippen molar-refractivity contribution >= 4 is 17.9 Å². The molecule has 2 bridgehead atoms. The summed E-state index contributed by atoms with van der Waals surface area (Å²) in [6.07, 6.45) is 5.15. The summed E-state index contributed by atoms with van der Waals surface area (Å²) in [7, 11) is 0. The molecule has 1 saturated carbocycles. The summed E-state index contributed by atoms with van der Waals surface area (Å²) in [5.41, 5.74) is 0.389. The molecule has 1 N–H and O–H groups in total. The van der Waals surface area contributed by atoms with Crippen LogP contribution in [-0.4, -0.2) is 83.5 Å². The van der Waals surface area contributed by atoms with Crippen LogP contribution in [0.4, 0.5) is 0 Å². The first-order valence-corrected chi connectivity index (χ1v) is 11.9. The Morgan fingerprint density at radius 3 is 2.38 bits per heavy atom. The molecule has 0 unspecified atom stereocenters. The Labute approximate surface area is 191 Å². The number of amides is 2. The second-order valence-corrected chi connectivity index (χ2v) is 10.5. The van der Waals surface area contributed by atoms with Gasteiger partial charge in [-0.3, -0.25) is 24.3 Å². The van der Waals surface area contributed by atoms with Crippen LogP contribution in [0.2, 0.25) is 0 Å². The number of fused-ring (bicyclic) bond motifs is 2. The molecule has 32 heavy (non-hydrogen) atoms. The number of aliphatic hydroxyl groups excluding tert-OH is 1. The fraction of sp³-hybridized carbons (Fsp3) is 0.615. The summed E-state index contributed by atoms with van der Waals surface area (Å²) in [6.45, 7) is 11.3. The van der Waals surface area contributed by atoms with E-state index >= 15 is 0 Å². The lowest BCUT2D eigenvalue weighted by Gasteiger charge is -2.48. The Hall–Kier alpha value is -2.02. The van der Waals surface area contributed by atoms with Crippen LogP contribution in [0.25, 0.3) is 6.08 Å². The van der Waals surface area contributed by atoms with E-state index in [4.69, 9.17) is 0 Å². The molecule has 0 spiro atoms. The van der Waals surface area contributed by atoms with E-state index in [1.54, 1.807) is 0 Å². The molecule has 3 aliphatic rings. The normalized spacial score (nSPS) is 29.8. The van der Waals surface area contributed by atoms with Gasteiger partial charge < -0.3 is 5.11 Å². The fourth-order valence-electron chi connectivity index (χ4n) is 5.70. The van der Waals surface area contributed by atoms with Crippen LogP contribution in [-0.2, 0) is 9.59 Å². The third-order valence-corrected chi connectivity index (χ3v) is 8.31. The van der Waals surface area contributed by atoms with Crippen molar-refractivity contribution in [2.45, 2.75) is 39.7 Å². The number of piperidine rings is 1. The molecule has 2 saturated heterocycles. The third-order valence-electron chi connectivity index (χ3n) is 8.31. The van der Waals surface area contributed by atoms with Gasteiger partial charge in [0.2, 0.25) is 11.8 Å². The van der Waals surface area contributed by atoms with Gasteiger partial charge in [0.1, 0.15) is 0 Å². The number of likely N-dealkylation sites (tertiary alicyclic amines) is 1. The molecule has 3 fully saturated rings. The lowest BCUT2D eigenvalue weighted by Crippen LogP contribution is -2.61. The second-order valence-electron chi connectivity index (χ2n) is 10.5. The minimum absolute atomic E-state index is 0.0935. The zero-order valence-electron chi connectivity index (χ0n) is 19.7. The summed E-state index contributed by atoms with van der Waals surface area (Å²) in [4.78, 5) is 32.2. The fourth-order valence-corrected chi connectivity index (χ4v) is 5.70. The molecule has 4 rings (SSSR count). The van der Waals surface area contributed by atoms with Gasteiger partial charge in [0.05, 0.1) is 18.1 Å². The number of hydrogen-bond acceptors (Lipinski definition) is 5. The van der Waals surface area contributed by atoms with E-state index in [9.17, 15) is 14.7 Å². The molecule has 1 aromatic carbocycles. The van der Waals surface area contributed by atoms with Gasteiger partial charge in [-0.1, -0.05) is 63.3 Å². The minimum Gasteiger partial charge on any atom is -0.390 e. The number of rotatable bonds is 7. The number of piperazine rings is 1. The highest BCUT2D eigenvalue weighted by atomic mass is 16.3. The van der Waals surface area contributed by atoms with Crippen LogP contribution in [0.5, 0.6) is 0 Å². The van der Waals surface area contributed by atoms with Crippen molar-refractivity contribution < 1.29 is 14.7 Å². The Balaban J connectivity index is 1.24. The van der Waals surface area contributed by atoms with Gasteiger partial charge in [0.15, 0.2) is 0 Å². The van der Waals surface area contributed by atoms with Crippen molar-refractivity contribution in [3.05, 3.63) is 42.0 Å². The molecule has 0 aromatic heterocycles. The van der Waals surface area contributed by atoms with Crippen molar-refractivity contribution in [1.82, 2.24) is 14.7 Å². The topological polar surface area (TPSA) is 64.1 Å². The molecule has 2 heterocycles. The van der Waals surface area contributed by atoms with E-state index in [-0.39, 0.29) is 29.7 Å². The van der Waals surface area contributed by atoms with E-state index in [1.165, 1.54) is 10.5 Å². The van der Waals surface area contributed by atoms with Crippen molar-refractivity contribution in [3.8, 4) is 0 Å². The Morgan fingerprint density at radius 2 is 1.69 bits per heavy atom. The number of β-amino-alcohol motifs (C(OH)–C–C–N with tert-alkyl or cyclic N) is 1.